The largest absolute Gasteiger partial charge is 0.478 e. The topological polar surface area (TPSA) is 50.3 Å². The molecule has 5 heteroatoms. The zero-order valence-corrected chi connectivity index (χ0v) is 11.2. The van der Waals surface area contributed by atoms with E-state index < -0.39 is 0 Å². The maximum atomic E-state index is 5.56. The van der Waals surface area contributed by atoms with Gasteiger partial charge < -0.3 is 15.0 Å². The Morgan fingerprint density at radius 3 is 3.22 bits per heavy atom. The first-order valence-electron chi connectivity index (χ1n) is 6.72. The first kappa shape index (κ1) is 13.1. The highest BCUT2D eigenvalue weighted by Gasteiger charge is 2.26. The molecule has 100 valence electrons. The first-order chi connectivity index (χ1) is 8.85. The van der Waals surface area contributed by atoms with E-state index in [2.05, 4.69) is 27.1 Å². The van der Waals surface area contributed by atoms with Crippen molar-refractivity contribution in [2.24, 2.45) is 0 Å². The monoisotopic (exact) mass is 250 g/mol. The van der Waals surface area contributed by atoms with Gasteiger partial charge in [0.1, 0.15) is 0 Å². The predicted molar refractivity (Wildman–Crippen MR) is 72.1 cm³/mol. The molecule has 2 rings (SSSR count). The number of aromatic nitrogens is 2. The summed E-state index contributed by atoms with van der Waals surface area (Å²) in [4.78, 5) is 11.1. The SMILES string of the molecule is CCCOc1ccnc(N2CCCC2CNC)n1. The zero-order valence-electron chi connectivity index (χ0n) is 11.2. The molecule has 5 nitrogen and oxygen atoms in total. The molecular weight excluding hydrogens is 228 g/mol. The molecule has 1 N–H and O–H groups in total. The Morgan fingerprint density at radius 1 is 1.56 bits per heavy atom. The molecule has 2 heterocycles. The number of anilines is 1. The highest BCUT2D eigenvalue weighted by atomic mass is 16.5. The van der Waals surface area contributed by atoms with Crippen LogP contribution in [0.2, 0.25) is 0 Å². The molecule has 1 unspecified atom stereocenters. The summed E-state index contributed by atoms with van der Waals surface area (Å²) in [6, 6.07) is 2.32. The van der Waals surface area contributed by atoms with E-state index in [9.17, 15) is 0 Å². The Kier molecular flexibility index (Phi) is 4.75. The standard InChI is InChI=1S/C13H22N4O/c1-3-9-18-12-6-7-15-13(16-12)17-8-4-5-11(17)10-14-2/h6-7,11,14H,3-5,8-10H2,1-2H3. The van der Waals surface area contributed by atoms with Gasteiger partial charge in [-0.25, -0.2) is 4.98 Å². The van der Waals surface area contributed by atoms with Gasteiger partial charge in [-0.1, -0.05) is 6.92 Å². The van der Waals surface area contributed by atoms with Gasteiger partial charge in [-0.3, -0.25) is 0 Å². The van der Waals surface area contributed by atoms with Crippen molar-refractivity contribution in [3.05, 3.63) is 12.3 Å². The van der Waals surface area contributed by atoms with Crippen molar-refractivity contribution in [2.75, 3.05) is 31.6 Å². The van der Waals surface area contributed by atoms with Crippen molar-refractivity contribution < 1.29 is 4.74 Å². The number of hydrogen-bond donors (Lipinski definition) is 1. The lowest BCUT2D eigenvalue weighted by Crippen LogP contribution is -2.37. The number of likely N-dealkylation sites (N-methyl/N-ethyl adjacent to an activating group) is 1. The van der Waals surface area contributed by atoms with E-state index in [1.807, 2.05) is 13.1 Å². The Morgan fingerprint density at radius 2 is 2.44 bits per heavy atom. The Labute approximate surface area is 109 Å². The summed E-state index contributed by atoms with van der Waals surface area (Å²) in [5.74, 6) is 1.47. The van der Waals surface area contributed by atoms with E-state index in [4.69, 9.17) is 4.74 Å². The molecule has 1 saturated heterocycles. The normalized spacial score (nSPS) is 19.2. The van der Waals surface area contributed by atoms with Gasteiger partial charge in [0.05, 0.1) is 6.61 Å². The van der Waals surface area contributed by atoms with Crippen LogP contribution in [0.4, 0.5) is 5.95 Å². The molecule has 1 fully saturated rings. The summed E-state index contributed by atoms with van der Waals surface area (Å²) in [5.41, 5.74) is 0. The zero-order chi connectivity index (χ0) is 12.8. The van der Waals surface area contributed by atoms with Crippen molar-refractivity contribution in [3.63, 3.8) is 0 Å². The van der Waals surface area contributed by atoms with Gasteiger partial charge in [-0.05, 0) is 26.3 Å². The molecule has 0 saturated carbocycles. The van der Waals surface area contributed by atoms with Crippen molar-refractivity contribution in [2.45, 2.75) is 32.2 Å². The third-order valence-electron chi connectivity index (χ3n) is 3.15. The lowest BCUT2D eigenvalue weighted by atomic mass is 10.2. The van der Waals surface area contributed by atoms with Crippen LogP contribution in [-0.2, 0) is 0 Å². The Balaban J connectivity index is 2.07. The fourth-order valence-corrected chi connectivity index (χ4v) is 2.30. The Hall–Kier alpha value is -1.36. The molecule has 1 aliphatic rings. The second-order valence-electron chi connectivity index (χ2n) is 4.59. The molecule has 1 aliphatic heterocycles. The van der Waals surface area contributed by atoms with E-state index in [-0.39, 0.29) is 0 Å². The first-order valence-corrected chi connectivity index (χ1v) is 6.72. The van der Waals surface area contributed by atoms with Gasteiger partial charge in [0.15, 0.2) is 0 Å². The highest BCUT2D eigenvalue weighted by Crippen LogP contribution is 2.23. The average Bonchev–Trinajstić information content (AvgIpc) is 2.85. The van der Waals surface area contributed by atoms with Crippen LogP contribution in [-0.4, -0.2) is 42.8 Å². The van der Waals surface area contributed by atoms with E-state index >= 15 is 0 Å². The number of rotatable bonds is 6. The summed E-state index contributed by atoms with van der Waals surface area (Å²) >= 11 is 0. The molecule has 0 aromatic carbocycles. The maximum Gasteiger partial charge on any atom is 0.228 e. The molecule has 1 aromatic heterocycles. The minimum Gasteiger partial charge on any atom is -0.478 e. The molecule has 0 amide bonds. The fourth-order valence-electron chi connectivity index (χ4n) is 2.30. The molecule has 0 spiro atoms. The van der Waals surface area contributed by atoms with Crippen LogP contribution in [0.15, 0.2) is 12.3 Å². The van der Waals surface area contributed by atoms with Crippen LogP contribution in [0.3, 0.4) is 0 Å². The van der Waals surface area contributed by atoms with Crippen molar-refractivity contribution in [3.8, 4) is 5.88 Å². The van der Waals surface area contributed by atoms with Gasteiger partial charge in [0, 0.05) is 31.4 Å². The highest BCUT2D eigenvalue weighted by molar-refractivity contribution is 5.35. The third-order valence-corrected chi connectivity index (χ3v) is 3.15. The second kappa shape index (κ2) is 6.54. The van der Waals surface area contributed by atoms with E-state index in [1.54, 1.807) is 6.20 Å². The minimum atomic E-state index is 0.497. The summed E-state index contributed by atoms with van der Waals surface area (Å²) < 4.78 is 5.56. The smallest absolute Gasteiger partial charge is 0.228 e. The second-order valence-corrected chi connectivity index (χ2v) is 4.59. The van der Waals surface area contributed by atoms with Gasteiger partial charge in [-0.2, -0.15) is 4.98 Å². The summed E-state index contributed by atoms with van der Waals surface area (Å²) in [5, 5.41) is 3.23. The minimum absolute atomic E-state index is 0.497. The van der Waals surface area contributed by atoms with Crippen molar-refractivity contribution in [1.82, 2.24) is 15.3 Å². The van der Waals surface area contributed by atoms with Gasteiger partial charge >= 0.3 is 0 Å². The quantitative estimate of drug-likeness (QED) is 0.828. The van der Waals surface area contributed by atoms with Gasteiger partial charge in [0.25, 0.3) is 0 Å². The fraction of sp³-hybridized carbons (Fsp3) is 0.692. The molecular formula is C13H22N4O. The lowest BCUT2D eigenvalue weighted by molar-refractivity contribution is 0.304. The average molecular weight is 250 g/mol. The van der Waals surface area contributed by atoms with Crippen LogP contribution in [0.25, 0.3) is 0 Å². The van der Waals surface area contributed by atoms with Crippen LogP contribution < -0.4 is 15.0 Å². The van der Waals surface area contributed by atoms with Crippen molar-refractivity contribution in [1.29, 1.82) is 0 Å². The van der Waals surface area contributed by atoms with E-state index in [0.717, 1.165) is 25.5 Å². The van der Waals surface area contributed by atoms with E-state index in [1.165, 1.54) is 12.8 Å². The molecule has 18 heavy (non-hydrogen) atoms. The summed E-state index contributed by atoms with van der Waals surface area (Å²) in [6.07, 6.45) is 5.17. The van der Waals surface area contributed by atoms with Crippen LogP contribution in [0, 0.1) is 0 Å². The maximum absolute atomic E-state index is 5.56. The lowest BCUT2D eigenvalue weighted by Gasteiger charge is -2.24. The third kappa shape index (κ3) is 3.10. The van der Waals surface area contributed by atoms with Crippen LogP contribution >= 0.6 is 0 Å². The summed E-state index contributed by atoms with van der Waals surface area (Å²) in [6.45, 7) is 4.80. The predicted octanol–water partition coefficient (Wildman–Crippen LogP) is 1.45. The number of ether oxygens (including phenoxy) is 1. The van der Waals surface area contributed by atoms with E-state index in [0.29, 0.717) is 18.5 Å². The van der Waals surface area contributed by atoms with Gasteiger partial charge in [-0.15, -0.1) is 0 Å². The van der Waals surface area contributed by atoms with Crippen molar-refractivity contribution >= 4 is 5.95 Å². The Bertz CT molecular complexity index is 372. The van der Waals surface area contributed by atoms with Crippen LogP contribution in [0.1, 0.15) is 26.2 Å². The molecule has 0 bridgehead atoms. The molecule has 0 aliphatic carbocycles. The number of nitrogens with zero attached hydrogens (tertiary/aromatic N) is 3. The number of nitrogens with one attached hydrogen (secondary N) is 1. The molecule has 1 aromatic rings. The summed E-state index contributed by atoms with van der Waals surface area (Å²) in [7, 11) is 1.98. The molecule has 1 atom stereocenters. The van der Waals surface area contributed by atoms with Crippen LogP contribution in [0.5, 0.6) is 5.88 Å². The van der Waals surface area contributed by atoms with Gasteiger partial charge in [0.2, 0.25) is 11.8 Å². The number of hydrogen-bond acceptors (Lipinski definition) is 5. The molecule has 0 radical (unpaired) electrons.